The molecule has 2 heterocycles. The number of carbonyl (C=O) groups is 1. The van der Waals surface area contributed by atoms with Gasteiger partial charge in [0.25, 0.3) is 0 Å². The zero-order valence-electron chi connectivity index (χ0n) is 20.5. The minimum atomic E-state index is -1.94. The van der Waals surface area contributed by atoms with Gasteiger partial charge in [0.1, 0.15) is 36.1 Å². The lowest BCUT2D eigenvalue weighted by Crippen LogP contribution is -2.61. The van der Waals surface area contributed by atoms with Crippen molar-refractivity contribution < 1.29 is 54.4 Å². The van der Waals surface area contributed by atoms with Gasteiger partial charge >= 0.3 is 0 Å². The highest BCUT2D eigenvalue weighted by molar-refractivity contribution is 5.92. The molecule has 2 fully saturated rings. The Balaban J connectivity index is 1.74. The summed E-state index contributed by atoms with van der Waals surface area (Å²) in [4.78, 5) is 11.9. The van der Waals surface area contributed by atoms with E-state index in [1.54, 1.807) is 19.1 Å². The third-order valence-electron chi connectivity index (χ3n) is 6.97. The van der Waals surface area contributed by atoms with E-state index in [1.165, 1.54) is 0 Å². The molecule has 10 unspecified atom stereocenters. The third-order valence-corrected chi connectivity index (χ3v) is 6.97. The normalized spacial score (nSPS) is 42.9. The van der Waals surface area contributed by atoms with Crippen molar-refractivity contribution >= 4 is 5.78 Å². The predicted molar refractivity (Wildman–Crippen MR) is 121 cm³/mol. The van der Waals surface area contributed by atoms with Crippen molar-refractivity contribution in [2.75, 3.05) is 19.8 Å². The summed E-state index contributed by atoms with van der Waals surface area (Å²) in [6.07, 6.45) is -4.70. The monoisotopic (exact) mass is 502 g/mol. The molecule has 35 heavy (non-hydrogen) atoms. The number of rotatable bonds is 8. The van der Waals surface area contributed by atoms with Gasteiger partial charge in [-0.25, -0.2) is 0 Å². The molecule has 0 aromatic heterocycles. The zero-order valence-corrected chi connectivity index (χ0v) is 20.5. The van der Waals surface area contributed by atoms with Crippen LogP contribution in [0.3, 0.4) is 0 Å². The maximum Gasteiger partial charge on any atom is 0.187 e. The molecule has 2 aliphatic heterocycles. The third kappa shape index (κ3) is 6.02. The SMILES string of the molecule is CC1=CC(=O)CC(C)(C)C1C=CC(C)OC1OC(CO)C(O)C(O)C1OC1OCC(O)(CO)C1O. The highest BCUT2D eigenvalue weighted by Crippen LogP contribution is 2.40. The van der Waals surface area contributed by atoms with Crippen molar-refractivity contribution in [3.8, 4) is 0 Å². The van der Waals surface area contributed by atoms with Crippen molar-refractivity contribution in [3.05, 3.63) is 23.8 Å². The Bertz CT molecular complexity index is 811. The molecule has 1 aliphatic carbocycles. The standard InChI is InChI=1S/C24H38O11/c1-12-7-14(27)8-23(3,4)15(12)6-5-13(2)33-21-19(18(29)17(28)16(9-25)34-21)35-22-20(30)24(31,10-26)11-32-22/h5-7,13,15-22,25-26,28-31H,8-11H2,1-4H3. The fourth-order valence-electron chi connectivity index (χ4n) is 4.88. The second kappa shape index (κ2) is 11.0. The molecule has 0 saturated carbocycles. The van der Waals surface area contributed by atoms with Crippen LogP contribution in [0.2, 0.25) is 0 Å². The van der Waals surface area contributed by atoms with Crippen LogP contribution in [0.25, 0.3) is 0 Å². The molecule has 0 aromatic carbocycles. The van der Waals surface area contributed by atoms with Crippen LogP contribution < -0.4 is 0 Å². The molecule has 0 bridgehead atoms. The molecule has 0 amide bonds. The Labute approximate surface area is 204 Å². The average Bonchev–Trinajstić information content (AvgIpc) is 3.06. The maximum absolute atomic E-state index is 11.9. The first-order chi connectivity index (χ1) is 16.3. The van der Waals surface area contributed by atoms with Crippen molar-refractivity contribution in [1.82, 2.24) is 0 Å². The quantitative estimate of drug-likeness (QED) is 0.219. The lowest BCUT2D eigenvalue weighted by atomic mass is 9.68. The largest absolute Gasteiger partial charge is 0.394 e. The van der Waals surface area contributed by atoms with Crippen molar-refractivity contribution in [2.45, 2.75) is 88.9 Å². The van der Waals surface area contributed by atoms with Crippen LogP contribution in [0.1, 0.15) is 34.1 Å². The van der Waals surface area contributed by atoms with Gasteiger partial charge in [0, 0.05) is 12.3 Å². The molecule has 0 aromatic rings. The summed E-state index contributed by atoms with van der Waals surface area (Å²) in [6.45, 7) is 5.89. The maximum atomic E-state index is 11.9. The molecular weight excluding hydrogens is 464 g/mol. The first kappa shape index (κ1) is 28.3. The Morgan fingerprint density at radius 3 is 2.46 bits per heavy atom. The number of allylic oxidation sites excluding steroid dienone is 3. The van der Waals surface area contributed by atoms with Crippen molar-refractivity contribution in [3.63, 3.8) is 0 Å². The van der Waals surface area contributed by atoms with Gasteiger partial charge in [-0.15, -0.1) is 0 Å². The van der Waals surface area contributed by atoms with Crippen LogP contribution in [-0.4, -0.2) is 111 Å². The van der Waals surface area contributed by atoms with E-state index in [4.69, 9.17) is 18.9 Å². The molecular formula is C24H38O11. The highest BCUT2D eigenvalue weighted by Gasteiger charge is 2.53. The van der Waals surface area contributed by atoms with Gasteiger partial charge in [-0.1, -0.05) is 31.6 Å². The van der Waals surface area contributed by atoms with Gasteiger partial charge in [0.05, 0.1) is 25.9 Å². The summed E-state index contributed by atoms with van der Waals surface area (Å²) in [7, 11) is 0. The van der Waals surface area contributed by atoms with Crippen LogP contribution in [0.5, 0.6) is 0 Å². The number of aliphatic hydroxyl groups is 6. The smallest absolute Gasteiger partial charge is 0.187 e. The number of ether oxygens (including phenoxy) is 4. The summed E-state index contributed by atoms with van der Waals surface area (Å²) < 4.78 is 22.5. The van der Waals surface area contributed by atoms with E-state index in [1.807, 2.05) is 26.8 Å². The van der Waals surface area contributed by atoms with Gasteiger partial charge in [0.15, 0.2) is 18.4 Å². The van der Waals surface area contributed by atoms with Gasteiger partial charge in [-0.05, 0) is 25.3 Å². The predicted octanol–water partition coefficient (Wildman–Crippen LogP) is -1.23. The average molecular weight is 503 g/mol. The summed E-state index contributed by atoms with van der Waals surface area (Å²) in [5.74, 6) is 0.0884. The molecule has 11 nitrogen and oxygen atoms in total. The summed E-state index contributed by atoms with van der Waals surface area (Å²) in [6, 6.07) is 0. The second-order valence-electron chi connectivity index (χ2n) is 10.4. The Hall–Kier alpha value is -1.25. The topological polar surface area (TPSA) is 175 Å². The van der Waals surface area contributed by atoms with Gasteiger partial charge in [-0.3, -0.25) is 4.79 Å². The fraction of sp³-hybridized carbons (Fsp3) is 0.792. The van der Waals surface area contributed by atoms with E-state index >= 15 is 0 Å². The molecule has 3 aliphatic rings. The Morgan fingerprint density at radius 2 is 1.89 bits per heavy atom. The number of ketones is 1. The summed E-state index contributed by atoms with van der Waals surface area (Å²) in [5, 5.41) is 60.4. The lowest BCUT2D eigenvalue weighted by Gasteiger charge is -2.43. The van der Waals surface area contributed by atoms with Crippen LogP contribution in [0.15, 0.2) is 23.8 Å². The zero-order chi connectivity index (χ0) is 26.1. The minimum Gasteiger partial charge on any atom is -0.394 e. The molecule has 11 heteroatoms. The van der Waals surface area contributed by atoms with E-state index in [0.717, 1.165) is 5.57 Å². The highest BCUT2D eigenvalue weighted by atomic mass is 16.8. The molecule has 3 rings (SSSR count). The van der Waals surface area contributed by atoms with E-state index in [9.17, 15) is 35.4 Å². The minimum absolute atomic E-state index is 0.00127. The lowest BCUT2D eigenvalue weighted by molar-refractivity contribution is -0.339. The Kier molecular flexibility index (Phi) is 8.91. The molecule has 0 spiro atoms. The van der Waals surface area contributed by atoms with E-state index in [-0.39, 0.29) is 17.1 Å². The van der Waals surface area contributed by atoms with Crippen molar-refractivity contribution in [1.29, 1.82) is 0 Å². The van der Waals surface area contributed by atoms with E-state index in [0.29, 0.717) is 6.42 Å². The van der Waals surface area contributed by atoms with Gasteiger partial charge in [0.2, 0.25) is 0 Å². The van der Waals surface area contributed by atoms with Crippen LogP contribution in [0.4, 0.5) is 0 Å². The number of hydrogen-bond donors (Lipinski definition) is 6. The van der Waals surface area contributed by atoms with Gasteiger partial charge in [-0.2, -0.15) is 0 Å². The van der Waals surface area contributed by atoms with Crippen LogP contribution >= 0.6 is 0 Å². The summed E-state index contributed by atoms with van der Waals surface area (Å²) >= 11 is 0. The van der Waals surface area contributed by atoms with Crippen LogP contribution in [-0.2, 0) is 23.7 Å². The molecule has 6 N–H and O–H groups in total. The molecule has 200 valence electrons. The van der Waals surface area contributed by atoms with Crippen LogP contribution in [0, 0.1) is 11.3 Å². The fourth-order valence-corrected chi connectivity index (χ4v) is 4.88. The van der Waals surface area contributed by atoms with E-state index < -0.39 is 74.6 Å². The van der Waals surface area contributed by atoms with Crippen molar-refractivity contribution in [2.24, 2.45) is 11.3 Å². The molecule has 10 atom stereocenters. The summed E-state index contributed by atoms with van der Waals surface area (Å²) in [5.41, 5.74) is -1.28. The Morgan fingerprint density at radius 1 is 1.20 bits per heavy atom. The van der Waals surface area contributed by atoms with E-state index in [2.05, 4.69) is 0 Å². The molecule has 2 saturated heterocycles. The number of hydrogen-bond acceptors (Lipinski definition) is 11. The molecule has 0 radical (unpaired) electrons. The second-order valence-corrected chi connectivity index (χ2v) is 10.4. The first-order valence-electron chi connectivity index (χ1n) is 11.8. The number of aliphatic hydroxyl groups excluding tert-OH is 5. The number of carbonyl (C=O) groups excluding carboxylic acids is 1. The van der Waals surface area contributed by atoms with Gasteiger partial charge < -0.3 is 49.6 Å². The first-order valence-corrected chi connectivity index (χ1v) is 11.8.